The van der Waals surface area contributed by atoms with Gasteiger partial charge in [0, 0.05) is 29.1 Å². The first kappa shape index (κ1) is 24.5. The first-order valence-electron chi connectivity index (χ1n) is 11.4. The van der Waals surface area contributed by atoms with Crippen molar-refractivity contribution in [3.63, 3.8) is 0 Å². The highest BCUT2D eigenvalue weighted by Crippen LogP contribution is 2.34. The summed E-state index contributed by atoms with van der Waals surface area (Å²) in [6.45, 7) is 4.57. The van der Waals surface area contributed by atoms with Crippen molar-refractivity contribution in [3.8, 4) is 5.69 Å². The molecule has 3 heterocycles. The van der Waals surface area contributed by atoms with Gasteiger partial charge in [-0.25, -0.2) is 4.98 Å². The standard InChI is InChI=1S/C26H23ClN4O3S2/c1-15-6-3-4-9-20(15)31-25(34)23-19-10-11-30(16(2)32)13-21(19)36-24(23)29-26(31)35-14-22(33)28-18-8-5-7-17(27)12-18/h3-9,12H,10-11,13-14H2,1-2H3,(H,28,33). The Morgan fingerprint density at radius 1 is 1.19 bits per heavy atom. The number of benzene rings is 2. The van der Waals surface area contributed by atoms with Crippen LogP contribution < -0.4 is 10.9 Å². The number of thiophene rings is 1. The molecule has 10 heteroatoms. The van der Waals surface area contributed by atoms with E-state index in [4.69, 9.17) is 16.6 Å². The predicted octanol–water partition coefficient (Wildman–Crippen LogP) is 5.04. The number of halogens is 1. The zero-order chi connectivity index (χ0) is 25.4. The minimum Gasteiger partial charge on any atom is -0.337 e. The van der Waals surface area contributed by atoms with Crippen molar-refractivity contribution in [2.45, 2.75) is 32.0 Å². The second-order valence-electron chi connectivity index (χ2n) is 8.54. The molecule has 2 aromatic heterocycles. The minimum absolute atomic E-state index is 0.0188. The lowest BCUT2D eigenvalue weighted by Crippen LogP contribution is -2.34. The Kier molecular flexibility index (Phi) is 6.87. The van der Waals surface area contributed by atoms with Crippen molar-refractivity contribution in [1.82, 2.24) is 14.5 Å². The van der Waals surface area contributed by atoms with Gasteiger partial charge in [0.2, 0.25) is 11.8 Å². The molecule has 0 unspecified atom stereocenters. The summed E-state index contributed by atoms with van der Waals surface area (Å²) in [4.78, 5) is 46.8. The molecule has 0 spiro atoms. The lowest BCUT2D eigenvalue weighted by Gasteiger charge is -2.25. The van der Waals surface area contributed by atoms with Crippen LogP contribution in [-0.4, -0.2) is 38.6 Å². The van der Waals surface area contributed by atoms with Crippen molar-refractivity contribution in [2.75, 3.05) is 17.6 Å². The molecule has 2 amide bonds. The van der Waals surface area contributed by atoms with Gasteiger partial charge in [-0.05, 0) is 48.7 Å². The van der Waals surface area contributed by atoms with Gasteiger partial charge in [-0.15, -0.1) is 11.3 Å². The number of nitrogens with one attached hydrogen (secondary N) is 1. The smallest absolute Gasteiger partial charge is 0.267 e. The highest BCUT2D eigenvalue weighted by Gasteiger charge is 2.27. The Hall–Kier alpha value is -3.14. The van der Waals surface area contributed by atoms with Crippen LogP contribution in [0.3, 0.4) is 0 Å². The number of aryl methyl sites for hydroxylation is 1. The molecule has 7 nitrogen and oxygen atoms in total. The molecule has 1 aliphatic rings. The van der Waals surface area contributed by atoms with Gasteiger partial charge in [-0.3, -0.25) is 19.0 Å². The molecule has 0 radical (unpaired) electrons. The average molecular weight is 539 g/mol. The predicted molar refractivity (Wildman–Crippen MR) is 146 cm³/mol. The zero-order valence-electron chi connectivity index (χ0n) is 19.7. The summed E-state index contributed by atoms with van der Waals surface area (Å²) < 4.78 is 1.61. The monoisotopic (exact) mass is 538 g/mol. The summed E-state index contributed by atoms with van der Waals surface area (Å²) in [7, 11) is 0. The Morgan fingerprint density at radius 3 is 2.75 bits per heavy atom. The van der Waals surface area contributed by atoms with Crippen molar-refractivity contribution < 1.29 is 9.59 Å². The highest BCUT2D eigenvalue weighted by atomic mass is 35.5. The van der Waals surface area contributed by atoms with E-state index in [0.29, 0.717) is 45.6 Å². The van der Waals surface area contributed by atoms with Crippen LogP contribution in [0.25, 0.3) is 15.9 Å². The van der Waals surface area contributed by atoms with Crippen molar-refractivity contribution in [1.29, 1.82) is 0 Å². The molecule has 2 aromatic carbocycles. The second-order valence-corrected chi connectivity index (χ2v) is 11.0. The third-order valence-corrected chi connectivity index (χ3v) is 8.37. The number of aromatic nitrogens is 2. The Labute approximate surface area is 221 Å². The summed E-state index contributed by atoms with van der Waals surface area (Å²) in [6.07, 6.45) is 0.619. The number of carbonyl (C=O) groups excluding carboxylic acids is 2. The topological polar surface area (TPSA) is 84.3 Å². The SMILES string of the molecule is CC(=O)N1CCc2c(sc3nc(SCC(=O)Nc4cccc(Cl)c4)n(-c4ccccc4C)c(=O)c23)C1. The second kappa shape index (κ2) is 10.1. The maximum Gasteiger partial charge on any atom is 0.267 e. The van der Waals surface area contributed by atoms with Crippen LogP contribution >= 0.6 is 34.7 Å². The fourth-order valence-corrected chi connectivity index (χ4v) is 6.58. The number of thioether (sulfide) groups is 1. The van der Waals surface area contributed by atoms with Crippen LogP contribution in [-0.2, 0) is 22.6 Å². The van der Waals surface area contributed by atoms with Crippen LogP contribution in [0, 0.1) is 6.92 Å². The fraction of sp³-hybridized carbons (Fsp3) is 0.231. The number of anilines is 1. The van der Waals surface area contributed by atoms with E-state index < -0.39 is 0 Å². The lowest BCUT2D eigenvalue weighted by molar-refractivity contribution is -0.129. The van der Waals surface area contributed by atoms with Gasteiger partial charge in [0.15, 0.2) is 5.16 Å². The number of nitrogens with zero attached hydrogens (tertiary/aromatic N) is 3. The molecule has 4 aromatic rings. The van der Waals surface area contributed by atoms with E-state index in [-0.39, 0.29) is 23.1 Å². The van der Waals surface area contributed by atoms with E-state index in [1.54, 1.807) is 40.7 Å². The summed E-state index contributed by atoms with van der Waals surface area (Å²) in [5.41, 5.74) is 3.09. The molecule has 0 fully saturated rings. The van der Waals surface area contributed by atoms with Gasteiger partial charge in [-0.1, -0.05) is 47.6 Å². The summed E-state index contributed by atoms with van der Waals surface area (Å²) in [5.74, 6) is -0.139. The molecular formula is C26H23ClN4O3S2. The largest absolute Gasteiger partial charge is 0.337 e. The molecule has 36 heavy (non-hydrogen) atoms. The number of fused-ring (bicyclic) bond motifs is 3. The summed E-state index contributed by atoms with van der Waals surface area (Å²) in [6, 6.07) is 14.6. The third-order valence-electron chi connectivity index (χ3n) is 6.09. The number of para-hydroxylation sites is 1. The zero-order valence-corrected chi connectivity index (χ0v) is 22.1. The summed E-state index contributed by atoms with van der Waals surface area (Å²) >= 11 is 8.68. The molecule has 0 aliphatic carbocycles. The van der Waals surface area contributed by atoms with Gasteiger partial charge < -0.3 is 10.2 Å². The fourth-order valence-electron chi connectivity index (χ4n) is 4.31. The van der Waals surface area contributed by atoms with Crippen molar-refractivity contribution in [2.24, 2.45) is 0 Å². The van der Waals surface area contributed by atoms with Gasteiger partial charge in [0.1, 0.15) is 4.83 Å². The van der Waals surface area contributed by atoms with Gasteiger partial charge in [0.25, 0.3) is 5.56 Å². The van der Waals surface area contributed by atoms with E-state index >= 15 is 0 Å². The van der Waals surface area contributed by atoms with Gasteiger partial charge >= 0.3 is 0 Å². The average Bonchev–Trinajstić information content (AvgIpc) is 3.21. The Bertz CT molecular complexity index is 1560. The molecule has 0 atom stereocenters. The maximum atomic E-state index is 13.9. The van der Waals surface area contributed by atoms with E-state index in [2.05, 4.69) is 5.32 Å². The maximum absolute atomic E-state index is 13.9. The molecule has 0 saturated carbocycles. The van der Waals surface area contributed by atoms with Crippen molar-refractivity contribution >= 4 is 62.4 Å². The van der Waals surface area contributed by atoms with E-state index in [0.717, 1.165) is 21.7 Å². The van der Waals surface area contributed by atoms with Crippen LogP contribution in [0.15, 0.2) is 58.5 Å². The van der Waals surface area contributed by atoms with E-state index in [1.807, 2.05) is 31.2 Å². The molecule has 0 bridgehead atoms. The van der Waals surface area contributed by atoms with Crippen LogP contribution in [0.4, 0.5) is 5.69 Å². The van der Waals surface area contributed by atoms with Crippen LogP contribution in [0.1, 0.15) is 22.9 Å². The number of hydrogen-bond acceptors (Lipinski definition) is 6. The molecule has 0 saturated heterocycles. The van der Waals surface area contributed by atoms with Gasteiger partial charge in [-0.2, -0.15) is 0 Å². The van der Waals surface area contributed by atoms with Crippen molar-refractivity contribution in [3.05, 3.63) is 79.9 Å². The first-order valence-corrected chi connectivity index (χ1v) is 13.6. The molecule has 1 aliphatic heterocycles. The molecule has 184 valence electrons. The summed E-state index contributed by atoms with van der Waals surface area (Å²) in [5, 5.41) is 4.42. The highest BCUT2D eigenvalue weighted by molar-refractivity contribution is 7.99. The lowest BCUT2D eigenvalue weighted by atomic mass is 10.1. The number of carbonyl (C=O) groups is 2. The quantitative estimate of drug-likeness (QED) is 0.284. The number of amides is 2. The first-order chi connectivity index (χ1) is 17.3. The minimum atomic E-state index is -0.226. The van der Waals surface area contributed by atoms with Crippen LogP contribution in [0.2, 0.25) is 5.02 Å². The number of hydrogen-bond donors (Lipinski definition) is 1. The molecular weight excluding hydrogens is 516 g/mol. The third kappa shape index (κ3) is 4.78. The molecule has 5 rings (SSSR count). The van der Waals surface area contributed by atoms with E-state index in [1.165, 1.54) is 23.1 Å². The van der Waals surface area contributed by atoms with Crippen LogP contribution in [0.5, 0.6) is 0 Å². The number of rotatable bonds is 5. The van der Waals surface area contributed by atoms with Gasteiger partial charge in [0.05, 0.1) is 23.4 Å². The van der Waals surface area contributed by atoms with E-state index in [9.17, 15) is 14.4 Å². The molecule has 1 N–H and O–H groups in total. The normalized spacial score (nSPS) is 13.0. The Morgan fingerprint density at radius 2 is 2.00 bits per heavy atom. The Balaban J connectivity index is 1.54.